The third kappa shape index (κ3) is 4.42. The molecular formula is C29H31N7. The van der Waals surface area contributed by atoms with Gasteiger partial charge in [0, 0.05) is 46.4 Å². The number of aromatic nitrogens is 4. The van der Waals surface area contributed by atoms with Gasteiger partial charge in [-0.3, -0.25) is 4.98 Å². The van der Waals surface area contributed by atoms with Crippen LogP contribution in [-0.4, -0.2) is 44.8 Å². The van der Waals surface area contributed by atoms with E-state index in [-0.39, 0.29) is 5.54 Å². The van der Waals surface area contributed by atoms with E-state index < -0.39 is 0 Å². The quantitative estimate of drug-likeness (QED) is 0.262. The summed E-state index contributed by atoms with van der Waals surface area (Å²) in [5, 5.41) is 16.2. The molecule has 2 aliphatic rings. The van der Waals surface area contributed by atoms with Gasteiger partial charge in [-0.2, -0.15) is 0 Å². The molecule has 7 nitrogen and oxygen atoms in total. The minimum atomic E-state index is -0.0477. The lowest BCUT2D eigenvalue weighted by molar-refractivity contribution is 0.364. The minimum absolute atomic E-state index is 0.0477. The van der Waals surface area contributed by atoms with Gasteiger partial charge in [0.1, 0.15) is 5.82 Å². The molecule has 4 aromatic rings. The second-order valence-corrected chi connectivity index (χ2v) is 10.1. The number of rotatable bonds is 7. The molecule has 6 rings (SSSR count). The summed E-state index contributed by atoms with van der Waals surface area (Å²) in [5.41, 5.74) is 5.91. The Bertz CT molecular complexity index is 1430. The molecular weight excluding hydrogens is 446 g/mol. The van der Waals surface area contributed by atoms with Crippen molar-refractivity contribution in [1.29, 1.82) is 5.41 Å². The van der Waals surface area contributed by atoms with Gasteiger partial charge >= 0.3 is 0 Å². The third-order valence-corrected chi connectivity index (χ3v) is 7.35. The SMILES string of the molecule is CC1(Nc2nc(/C(=C/C=N)c3c[nH]c(-c4ccccc4)c3)nc3cncc(C4CC4)c23)CCNCC1. The molecule has 0 spiro atoms. The first-order valence-electron chi connectivity index (χ1n) is 12.7. The van der Waals surface area contributed by atoms with Crippen molar-refractivity contribution in [3.8, 4) is 11.3 Å². The van der Waals surface area contributed by atoms with E-state index in [9.17, 15) is 0 Å². The highest BCUT2D eigenvalue weighted by atomic mass is 15.1. The van der Waals surface area contributed by atoms with Crippen molar-refractivity contribution in [3.05, 3.63) is 78.0 Å². The molecule has 0 bridgehead atoms. The Morgan fingerprint density at radius 1 is 1.11 bits per heavy atom. The summed E-state index contributed by atoms with van der Waals surface area (Å²) in [4.78, 5) is 18.0. The topological polar surface area (TPSA) is 102 Å². The molecule has 3 aromatic heterocycles. The Balaban J connectivity index is 1.47. The molecule has 1 aromatic carbocycles. The zero-order chi connectivity index (χ0) is 24.5. The molecule has 36 heavy (non-hydrogen) atoms. The molecule has 1 aliphatic carbocycles. The van der Waals surface area contributed by atoms with Crippen LogP contribution < -0.4 is 10.6 Å². The first-order chi connectivity index (χ1) is 17.6. The lowest BCUT2D eigenvalue weighted by atomic mass is 9.90. The average Bonchev–Trinajstić information content (AvgIpc) is 3.64. The van der Waals surface area contributed by atoms with E-state index >= 15 is 0 Å². The standard InChI is InChI=1S/C29H31N7/c1-29(10-13-31-14-11-29)36-28-26-23(19-7-8-19)17-32-18-25(26)34-27(35-28)22(9-12-30)21-15-24(33-16-21)20-5-3-2-4-6-20/h2-6,9,12,15-19,30-31,33H,7-8,10-11,13-14H2,1H3,(H,34,35,36)/b22-9+,30-12?. The normalized spacial score (nSPS) is 17.8. The molecule has 0 amide bonds. The van der Waals surface area contributed by atoms with Gasteiger partial charge < -0.3 is 21.0 Å². The highest BCUT2D eigenvalue weighted by Crippen LogP contribution is 2.44. The largest absolute Gasteiger partial charge is 0.364 e. The summed E-state index contributed by atoms with van der Waals surface area (Å²) in [7, 11) is 0. The van der Waals surface area contributed by atoms with E-state index in [0.717, 1.165) is 65.0 Å². The zero-order valence-corrected chi connectivity index (χ0v) is 20.5. The van der Waals surface area contributed by atoms with Crippen molar-refractivity contribution >= 4 is 28.5 Å². The molecule has 1 saturated heterocycles. The van der Waals surface area contributed by atoms with Crippen molar-refractivity contribution in [2.24, 2.45) is 0 Å². The van der Waals surface area contributed by atoms with E-state index in [1.165, 1.54) is 24.6 Å². The van der Waals surface area contributed by atoms with Crippen LogP contribution in [0.25, 0.3) is 27.7 Å². The smallest absolute Gasteiger partial charge is 0.162 e. The summed E-state index contributed by atoms with van der Waals surface area (Å²) < 4.78 is 0. The van der Waals surface area contributed by atoms with Gasteiger partial charge in [-0.15, -0.1) is 0 Å². The molecule has 4 heterocycles. The number of nitrogens with zero attached hydrogens (tertiary/aromatic N) is 3. The fourth-order valence-corrected chi connectivity index (χ4v) is 5.13. The van der Waals surface area contributed by atoms with Gasteiger partial charge in [0.05, 0.1) is 11.7 Å². The van der Waals surface area contributed by atoms with Crippen LogP contribution in [0.4, 0.5) is 5.82 Å². The number of hydrogen-bond donors (Lipinski definition) is 4. The van der Waals surface area contributed by atoms with Gasteiger partial charge in [0.15, 0.2) is 5.82 Å². The average molecular weight is 478 g/mol. The Labute approximate surface area is 211 Å². The predicted octanol–water partition coefficient (Wildman–Crippen LogP) is 5.53. The summed E-state index contributed by atoms with van der Waals surface area (Å²) in [5.74, 6) is 2.00. The maximum absolute atomic E-state index is 7.85. The van der Waals surface area contributed by atoms with Crippen LogP contribution in [0.5, 0.6) is 0 Å². The maximum Gasteiger partial charge on any atom is 0.162 e. The number of piperidine rings is 1. The Kier molecular flexibility index (Phi) is 5.85. The minimum Gasteiger partial charge on any atom is -0.364 e. The second kappa shape index (κ2) is 9.32. The zero-order valence-electron chi connectivity index (χ0n) is 20.5. The second-order valence-electron chi connectivity index (χ2n) is 10.1. The fourth-order valence-electron chi connectivity index (χ4n) is 5.13. The van der Waals surface area contributed by atoms with Crippen LogP contribution in [0.1, 0.15) is 55.5 Å². The number of aromatic amines is 1. The van der Waals surface area contributed by atoms with E-state index in [4.69, 9.17) is 15.4 Å². The van der Waals surface area contributed by atoms with E-state index in [1.54, 1.807) is 6.08 Å². The number of anilines is 1. The lowest BCUT2D eigenvalue weighted by Gasteiger charge is -2.36. The lowest BCUT2D eigenvalue weighted by Crippen LogP contribution is -2.45. The first kappa shape index (κ1) is 22.6. The van der Waals surface area contributed by atoms with E-state index in [2.05, 4.69) is 45.7 Å². The summed E-state index contributed by atoms with van der Waals surface area (Å²) in [6, 6.07) is 12.3. The molecule has 0 unspecified atom stereocenters. The Hall–Kier alpha value is -3.84. The summed E-state index contributed by atoms with van der Waals surface area (Å²) in [6.07, 6.45) is 13.3. The van der Waals surface area contributed by atoms with Crippen molar-refractivity contribution < 1.29 is 0 Å². The van der Waals surface area contributed by atoms with Crippen LogP contribution >= 0.6 is 0 Å². The number of benzene rings is 1. The van der Waals surface area contributed by atoms with Gasteiger partial charge in [0.2, 0.25) is 0 Å². The molecule has 4 N–H and O–H groups in total. The van der Waals surface area contributed by atoms with E-state index in [0.29, 0.717) is 11.7 Å². The molecule has 1 aliphatic heterocycles. The highest BCUT2D eigenvalue weighted by Gasteiger charge is 2.31. The number of nitrogens with one attached hydrogen (secondary N) is 4. The molecule has 1 saturated carbocycles. The monoisotopic (exact) mass is 477 g/mol. The van der Waals surface area contributed by atoms with Crippen LogP contribution in [0.15, 0.2) is 61.1 Å². The molecule has 0 atom stereocenters. The van der Waals surface area contributed by atoms with Crippen LogP contribution in [-0.2, 0) is 0 Å². The number of hydrogen-bond acceptors (Lipinski definition) is 6. The number of pyridine rings is 1. The van der Waals surface area contributed by atoms with Crippen LogP contribution in [0, 0.1) is 5.41 Å². The number of allylic oxidation sites excluding steroid dienone is 1. The third-order valence-electron chi connectivity index (χ3n) is 7.35. The van der Waals surface area contributed by atoms with Gasteiger partial charge in [-0.25, -0.2) is 9.97 Å². The Morgan fingerprint density at radius 3 is 2.67 bits per heavy atom. The highest BCUT2D eigenvalue weighted by molar-refractivity contribution is 5.96. The fraction of sp³-hybridized carbons (Fsp3) is 0.310. The van der Waals surface area contributed by atoms with Gasteiger partial charge in [-0.05, 0) is 74.9 Å². The Morgan fingerprint density at radius 2 is 1.92 bits per heavy atom. The van der Waals surface area contributed by atoms with Gasteiger partial charge in [0.25, 0.3) is 0 Å². The first-order valence-corrected chi connectivity index (χ1v) is 12.7. The molecule has 2 fully saturated rings. The number of H-pyrrole nitrogens is 1. The van der Waals surface area contributed by atoms with Crippen LogP contribution in [0.2, 0.25) is 0 Å². The molecule has 182 valence electrons. The van der Waals surface area contributed by atoms with E-state index in [1.807, 2.05) is 36.8 Å². The van der Waals surface area contributed by atoms with Crippen molar-refractivity contribution in [2.75, 3.05) is 18.4 Å². The van der Waals surface area contributed by atoms with Crippen molar-refractivity contribution in [1.82, 2.24) is 25.3 Å². The van der Waals surface area contributed by atoms with Gasteiger partial charge in [-0.1, -0.05) is 30.3 Å². The van der Waals surface area contributed by atoms with Crippen molar-refractivity contribution in [2.45, 2.75) is 44.1 Å². The predicted molar refractivity (Wildman–Crippen MR) is 146 cm³/mol. The van der Waals surface area contributed by atoms with Crippen LogP contribution in [0.3, 0.4) is 0 Å². The molecule has 7 heteroatoms. The summed E-state index contributed by atoms with van der Waals surface area (Å²) in [6.45, 7) is 4.26. The maximum atomic E-state index is 7.85. The number of fused-ring (bicyclic) bond motifs is 1. The summed E-state index contributed by atoms with van der Waals surface area (Å²) >= 11 is 0. The molecule has 0 radical (unpaired) electrons. The van der Waals surface area contributed by atoms with Crippen molar-refractivity contribution in [3.63, 3.8) is 0 Å².